The van der Waals surface area contributed by atoms with Crippen LogP contribution < -0.4 is 4.72 Å². The van der Waals surface area contributed by atoms with Crippen LogP contribution in [0.1, 0.15) is 11.1 Å². The van der Waals surface area contributed by atoms with Gasteiger partial charge in [-0.05, 0) is 24.6 Å². The number of rotatable bonds is 4. The Morgan fingerprint density at radius 1 is 1.14 bits per heavy atom. The van der Waals surface area contributed by atoms with Gasteiger partial charge in [0.1, 0.15) is 5.52 Å². The average Bonchev–Trinajstić information content (AvgIpc) is 2.88. The van der Waals surface area contributed by atoms with E-state index >= 15 is 0 Å². The van der Waals surface area contributed by atoms with E-state index in [4.69, 9.17) is 4.42 Å². The number of oxazole rings is 1. The Labute approximate surface area is 122 Å². The van der Waals surface area contributed by atoms with Crippen molar-refractivity contribution in [3.8, 4) is 0 Å². The summed E-state index contributed by atoms with van der Waals surface area (Å²) in [7, 11) is -3.46. The molecule has 0 saturated heterocycles. The number of nitrogens with one attached hydrogen (secondary N) is 1. The summed E-state index contributed by atoms with van der Waals surface area (Å²) in [5, 5.41) is 0. The molecule has 0 amide bonds. The van der Waals surface area contributed by atoms with Gasteiger partial charge in [0, 0.05) is 6.07 Å². The third kappa shape index (κ3) is 3.22. The first-order valence-corrected chi connectivity index (χ1v) is 8.06. The van der Waals surface area contributed by atoms with Crippen molar-refractivity contribution in [2.24, 2.45) is 0 Å². The predicted octanol–water partition coefficient (Wildman–Crippen LogP) is 3.08. The molecule has 0 spiro atoms. The van der Waals surface area contributed by atoms with Gasteiger partial charge in [0.15, 0.2) is 12.0 Å². The monoisotopic (exact) mass is 302 g/mol. The van der Waals surface area contributed by atoms with Crippen LogP contribution >= 0.6 is 0 Å². The molecule has 21 heavy (non-hydrogen) atoms. The standard InChI is InChI=1S/C15H14N2O3S/c1-11-2-4-12(5-3-11)9-21(18,19)17-13-6-7-14-15(8-13)20-10-16-14/h2-8,10,17H,9H2,1H3. The van der Waals surface area contributed by atoms with Crippen LogP contribution in [-0.4, -0.2) is 13.4 Å². The van der Waals surface area contributed by atoms with E-state index in [0.29, 0.717) is 16.8 Å². The Hall–Kier alpha value is -2.34. The van der Waals surface area contributed by atoms with Gasteiger partial charge < -0.3 is 4.42 Å². The minimum Gasteiger partial charge on any atom is -0.443 e. The molecule has 108 valence electrons. The third-order valence-electron chi connectivity index (χ3n) is 3.08. The lowest BCUT2D eigenvalue weighted by Crippen LogP contribution is -2.15. The molecule has 0 saturated carbocycles. The van der Waals surface area contributed by atoms with Gasteiger partial charge in [-0.2, -0.15) is 0 Å². The number of nitrogens with zero attached hydrogens (tertiary/aromatic N) is 1. The van der Waals surface area contributed by atoms with Crippen molar-refractivity contribution >= 4 is 26.8 Å². The highest BCUT2D eigenvalue weighted by atomic mass is 32.2. The first-order chi connectivity index (χ1) is 10.0. The van der Waals surface area contributed by atoms with E-state index in [1.165, 1.54) is 6.39 Å². The molecule has 1 heterocycles. The Balaban J connectivity index is 1.80. The maximum atomic E-state index is 12.2. The molecule has 1 N–H and O–H groups in total. The molecular weight excluding hydrogens is 288 g/mol. The second-order valence-electron chi connectivity index (χ2n) is 4.88. The van der Waals surface area contributed by atoms with E-state index in [1.807, 2.05) is 31.2 Å². The lowest BCUT2D eigenvalue weighted by atomic mass is 10.2. The SMILES string of the molecule is Cc1ccc(CS(=O)(=O)Nc2ccc3ncoc3c2)cc1. The van der Waals surface area contributed by atoms with Gasteiger partial charge in [0.25, 0.3) is 0 Å². The van der Waals surface area contributed by atoms with Gasteiger partial charge in [0.05, 0.1) is 11.4 Å². The quantitative estimate of drug-likeness (QED) is 0.804. The molecule has 0 atom stereocenters. The average molecular weight is 302 g/mol. The molecule has 0 aliphatic heterocycles. The predicted molar refractivity (Wildman–Crippen MR) is 81.4 cm³/mol. The zero-order chi connectivity index (χ0) is 14.9. The molecule has 5 nitrogen and oxygen atoms in total. The van der Waals surface area contributed by atoms with Gasteiger partial charge in [-0.15, -0.1) is 0 Å². The van der Waals surface area contributed by atoms with Crippen LogP contribution in [0.25, 0.3) is 11.1 Å². The Kier molecular flexibility index (Phi) is 3.39. The fourth-order valence-electron chi connectivity index (χ4n) is 2.04. The van der Waals surface area contributed by atoms with Crippen molar-refractivity contribution in [2.45, 2.75) is 12.7 Å². The molecule has 0 aliphatic carbocycles. The highest BCUT2D eigenvalue weighted by molar-refractivity contribution is 7.91. The fourth-order valence-corrected chi connectivity index (χ4v) is 3.23. The minimum absolute atomic E-state index is 0.0677. The summed E-state index contributed by atoms with van der Waals surface area (Å²) in [6.07, 6.45) is 1.33. The number of aryl methyl sites for hydroxylation is 1. The number of benzene rings is 2. The summed E-state index contributed by atoms with van der Waals surface area (Å²) >= 11 is 0. The lowest BCUT2D eigenvalue weighted by molar-refractivity contribution is 0.600. The van der Waals surface area contributed by atoms with Crippen molar-refractivity contribution in [2.75, 3.05) is 4.72 Å². The highest BCUT2D eigenvalue weighted by Gasteiger charge is 2.12. The maximum Gasteiger partial charge on any atom is 0.236 e. The molecule has 1 aromatic heterocycles. The molecule has 6 heteroatoms. The van der Waals surface area contributed by atoms with E-state index < -0.39 is 10.0 Å². The molecular formula is C15H14N2O3S. The zero-order valence-electron chi connectivity index (χ0n) is 11.4. The maximum absolute atomic E-state index is 12.2. The van der Waals surface area contributed by atoms with Crippen molar-refractivity contribution in [1.82, 2.24) is 4.98 Å². The van der Waals surface area contributed by atoms with Gasteiger partial charge in [-0.25, -0.2) is 13.4 Å². The summed E-state index contributed by atoms with van der Waals surface area (Å²) in [6, 6.07) is 12.4. The second kappa shape index (κ2) is 5.21. The normalized spacial score (nSPS) is 11.7. The lowest BCUT2D eigenvalue weighted by Gasteiger charge is -2.08. The molecule has 3 aromatic rings. The molecule has 0 bridgehead atoms. The molecule has 2 aromatic carbocycles. The second-order valence-corrected chi connectivity index (χ2v) is 6.60. The summed E-state index contributed by atoms with van der Waals surface area (Å²) in [6.45, 7) is 1.96. The molecule has 0 aliphatic rings. The van der Waals surface area contributed by atoms with Crippen LogP contribution in [0, 0.1) is 6.92 Å². The van der Waals surface area contributed by atoms with Gasteiger partial charge >= 0.3 is 0 Å². The van der Waals surface area contributed by atoms with E-state index in [0.717, 1.165) is 11.1 Å². The number of hydrogen-bond donors (Lipinski definition) is 1. The highest BCUT2D eigenvalue weighted by Crippen LogP contribution is 2.19. The van der Waals surface area contributed by atoms with Crippen LogP contribution in [0.15, 0.2) is 53.3 Å². The number of hydrogen-bond acceptors (Lipinski definition) is 4. The number of fused-ring (bicyclic) bond motifs is 1. The number of aromatic nitrogens is 1. The topological polar surface area (TPSA) is 72.2 Å². The Morgan fingerprint density at radius 3 is 2.67 bits per heavy atom. The van der Waals surface area contributed by atoms with Crippen LogP contribution in [-0.2, 0) is 15.8 Å². The third-order valence-corrected chi connectivity index (χ3v) is 4.34. The minimum atomic E-state index is -3.46. The van der Waals surface area contributed by atoms with Crippen molar-refractivity contribution in [3.05, 3.63) is 60.0 Å². The Bertz CT molecular complexity index is 867. The summed E-state index contributed by atoms with van der Waals surface area (Å²) in [5.74, 6) is -0.0677. The van der Waals surface area contributed by atoms with E-state index in [2.05, 4.69) is 9.71 Å². The van der Waals surface area contributed by atoms with Crippen molar-refractivity contribution in [1.29, 1.82) is 0 Å². The Morgan fingerprint density at radius 2 is 1.90 bits per heavy atom. The van der Waals surface area contributed by atoms with Crippen LogP contribution in [0.4, 0.5) is 5.69 Å². The van der Waals surface area contributed by atoms with Crippen molar-refractivity contribution < 1.29 is 12.8 Å². The van der Waals surface area contributed by atoms with E-state index in [1.54, 1.807) is 18.2 Å². The number of sulfonamides is 1. The number of anilines is 1. The summed E-state index contributed by atoms with van der Waals surface area (Å²) < 4.78 is 32.0. The fraction of sp³-hybridized carbons (Fsp3) is 0.133. The smallest absolute Gasteiger partial charge is 0.236 e. The molecule has 0 fully saturated rings. The van der Waals surface area contributed by atoms with Crippen molar-refractivity contribution in [3.63, 3.8) is 0 Å². The largest absolute Gasteiger partial charge is 0.443 e. The van der Waals surface area contributed by atoms with Crippen LogP contribution in [0.3, 0.4) is 0 Å². The first-order valence-electron chi connectivity index (χ1n) is 6.41. The van der Waals surface area contributed by atoms with Gasteiger partial charge in [-0.3, -0.25) is 4.72 Å². The van der Waals surface area contributed by atoms with Gasteiger partial charge in [0.2, 0.25) is 10.0 Å². The van der Waals surface area contributed by atoms with Crippen LogP contribution in [0.5, 0.6) is 0 Å². The van der Waals surface area contributed by atoms with E-state index in [9.17, 15) is 8.42 Å². The van der Waals surface area contributed by atoms with Crippen LogP contribution in [0.2, 0.25) is 0 Å². The first kappa shape index (κ1) is 13.6. The summed E-state index contributed by atoms with van der Waals surface area (Å²) in [4.78, 5) is 3.99. The summed E-state index contributed by atoms with van der Waals surface area (Å²) in [5.41, 5.74) is 3.54. The molecule has 0 radical (unpaired) electrons. The zero-order valence-corrected chi connectivity index (χ0v) is 12.2. The van der Waals surface area contributed by atoms with E-state index in [-0.39, 0.29) is 5.75 Å². The van der Waals surface area contributed by atoms with Gasteiger partial charge in [-0.1, -0.05) is 29.8 Å². The molecule has 0 unspecified atom stereocenters. The molecule has 3 rings (SSSR count).